The SMILES string of the molecule is C[C@@H](c1nc(N)nc(N(C)C)n1)N(C)Cc1cnn(C)c1. The number of hydrogen-bond acceptors (Lipinski definition) is 7. The van der Waals surface area contributed by atoms with Crippen LogP contribution >= 0.6 is 0 Å². The fourth-order valence-electron chi connectivity index (χ4n) is 1.96. The van der Waals surface area contributed by atoms with Crippen LogP contribution in [0.5, 0.6) is 0 Å². The van der Waals surface area contributed by atoms with E-state index in [1.807, 2.05) is 52.4 Å². The Labute approximate surface area is 124 Å². The molecule has 2 N–H and O–H groups in total. The molecule has 2 aromatic heterocycles. The molecule has 0 radical (unpaired) electrons. The van der Waals surface area contributed by atoms with E-state index < -0.39 is 0 Å². The Bertz CT molecular complexity index is 606. The molecule has 114 valence electrons. The molecule has 0 fully saturated rings. The number of aryl methyl sites for hydroxylation is 1. The predicted molar refractivity (Wildman–Crippen MR) is 81.7 cm³/mol. The molecule has 0 amide bonds. The fourth-order valence-corrected chi connectivity index (χ4v) is 1.96. The van der Waals surface area contributed by atoms with Gasteiger partial charge in [0, 0.05) is 39.4 Å². The number of nitrogens with zero attached hydrogens (tertiary/aromatic N) is 7. The van der Waals surface area contributed by atoms with E-state index in [1.165, 1.54) is 0 Å². The van der Waals surface area contributed by atoms with Gasteiger partial charge in [-0.2, -0.15) is 20.1 Å². The van der Waals surface area contributed by atoms with Gasteiger partial charge in [-0.05, 0) is 14.0 Å². The zero-order valence-corrected chi connectivity index (χ0v) is 13.1. The van der Waals surface area contributed by atoms with Crippen molar-refractivity contribution in [1.29, 1.82) is 0 Å². The van der Waals surface area contributed by atoms with E-state index in [0.717, 1.165) is 12.1 Å². The van der Waals surface area contributed by atoms with Crippen LogP contribution in [0, 0.1) is 0 Å². The molecule has 0 aliphatic carbocycles. The standard InChI is InChI=1S/C13H22N8/c1-9(20(4)7-10-6-15-21(5)8-10)11-16-12(14)18-13(17-11)19(2)3/h6,8-9H,7H2,1-5H3,(H2,14,16,17,18)/t9-/m0/s1. The van der Waals surface area contributed by atoms with E-state index >= 15 is 0 Å². The first kappa shape index (κ1) is 15.2. The van der Waals surface area contributed by atoms with Crippen LogP contribution in [-0.2, 0) is 13.6 Å². The molecule has 0 spiro atoms. The van der Waals surface area contributed by atoms with Gasteiger partial charge in [0.05, 0.1) is 12.2 Å². The molecule has 0 aliphatic rings. The van der Waals surface area contributed by atoms with Crippen LogP contribution in [0.4, 0.5) is 11.9 Å². The third-order valence-electron chi connectivity index (χ3n) is 3.28. The quantitative estimate of drug-likeness (QED) is 0.855. The number of aromatic nitrogens is 5. The van der Waals surface area contributed by atoms with Crippen LogP contribution in [0.15, 0.2) is 12.4 Å². The summed E-state index contributed by atoms with van der Waals surface area (Å²) < 4.78 is 1.79. The number of nitrogens with two attached hydrogens (primary N) is 1. The van der Waals surface area contributed by atoms with Crippen molar-refractivity contribution in [2.24, 2.45) is 7.05 Å². The summed E-state index contributed by atoms with van der Waals surface area (Å²) in [6.07, 6.45) is 3.85. The van der Waals surface area contributed by atoms with Gasteiger partial charge >= 0.3 is 0 Å². The molecule has 0 saturated carbocycles. The summed E-state index contributed by atoms with van der Waals surface area (Å²) in [5.74, 6) is 1.47. The van der Waals surface area contributed by atoms with Gasteiger partial charge in [0.1, 0.15) is 0 Å². The molecule has 0 aromatic carbocycles. The largest absolute Gasteiger partial charge is 0.368 e. The highest BCUT2D eigenvalue weighted by Crippen LogP contribution is 2.19. The second kappa shape index (κ2) is 6.04. The van der Waals surface area contributed by atoms with Crippen molar-refractivity contribution in [3.63, 3.8) is 0 Å². The van der Waals surface area contributed by atoms with Crippen molar-refractivity contribution in [3.05, 3.63) is 23.8 Å². The van der Waals surface area contributed by atoms with E-state index in [1.54, 1.807) is 4.68 Å². The maximum atomic E-state index is 5.77. The zero-order chi connectivity index (χ0) is 15.6. The molecule has 2 heterocycles. The summed E-state index contributed by atoms with van der Waals surface area (Å²) in [5, 5.41) is 4.18. The van der Waals surface area contributed by atoms with Crippen LogP contribution in [0.25, 0.3) is 0 Å². The topological polar surface area (TPSA) is 89.0 Å². The first-order chi connectivity index (χ1) is 9.86. The van der Waals surface area contributed by atoms with Gasteiger partial charge < -0.3 is 10.6 Å². The van der Waals surface area contributed by atoms with E-state index in [4.69, 9.17) is 5.73 Å². The van der Waals surface area contributed by atoms with Gasteiger partial charge in [0.25, 0.3) is 0 Å². The predicted octanol–water partition coefficient (Wildman–Crippen LogP) is 0.446. The van der Waals surface area contributed by atoms with Crippen LogP contribution in [-0.4, -0.2) is 50.8 Å². The molecule has 2 aromatic rings. The Morgan fingerprint density at radius 3 is 2.52 bits per heavy atom. The number of hydrogen-bond donors (Lipinski definition) is 1. The van der Waals surface area contributed by atoms with Crippen molar-refractivity contribution in [2.45, 2.75) is 19.5 Å². The van der Waals surface area contributed by atoms with Gasteiger partial charge in [-0.1, -0.05) is 0 Å². The molecule has 0 aliphatic heterocycles. The Morgan fingerprint density at radius 1 is 1.24 bits per heavy atom. The highest BCUT2D eigenvalue weighted by atomic mass is 15.3. The summed E-state index contributed by atoms with van der Waals surface area (Å²) in [7, 11) is 7.68. The van der Waals surface area contributed by atoms with Crippen molar-refractivity contribution < 1.29 is 0 Å². The lowest BCUT2D eigenvalue weighted by Gasteiger charge is -2.23. The molecule has 0 bridgehead atoms. The molecular weight excluding hydrogens is 268 g/mol. The van der Waals surface area contributed by atoms with Crippen molar-refractivity contribution >= 4 is 11.9 Å². The first-order valence-electron chi connectivity index (χ1n) is 6.73. The van der Waals surface area contributed by atoms with E-state index in [2.05, 4.69) is 25.0 Å². The minimum atomic E-state index is 0.0224. The first-order valence-corrected chi connectivity index (χ1v) is 6.73. The van der Waals surface area contributed by atoms with Gasteiger partial charge in [-0.3, -0.25) is 9.58 Å². The summed E-state index contributed by atoms with van der Waals surface area (Å²) in [4.78, 5) is 16.8. The van der Waals surface area contributed by atoms with Crippen LogP contribution in [0.3, 0.4) is 0 Å². The lowest BCUT2D eigenvalue weighted by Crippen LogP contribution is -2.25. The summed E-state index contributed by atoms with van der Waals surface area (Å²) in [6, 6.07) is 0.0224. The lowest BCUT2D eigenvalue weighted by molar-refractivity contribution is 0.243. The summed E-state index contributed by atoms with van der Waals surface area (Å²) >= 11 is 0. The highest BCUT2D eigenvalue weighted by molar-refractivity contribution is 5.33. The number of anilines is 2. The van der Waals surface area contributed by atoms with Gasteiger partial charge in [-0.25, -0.2) is 0 Å². The van der Waals surface area contributed by atoms with Gasteiger partial charge in [-0.15, -0.1) is 0 Å². The van der Waals surface area contributed by atoms with E-state index in [9.17, 15) is 0 Å². The molecule has 2 rings (SSSR count). The Morgan fingerprint density at radius 2 is 1.95 bits per heavy atom. The Hall–Kier alpha value is -2.22. The molecule has 8 nitrogen and oxygen atoms in total. The molecular formula is C13H22N8. The third kappa shape index (κ3) is 3.66. The van der Waals surface area contributed by atoms with Crippen molar-refractivity contribution in [1.82, 2.24) is 29.6 Å². The fraction of sp³-hybridized carbons (Fsp3) is 0.538. The van der Waals surface area contributed by atoms with Crippen LogP contribution in [0.1, 0.15) is 24.4 Å². The van der Waals surface area contributed by atoms with E-state index in [0.29, 0.717) is 11.8 Å². The zero-order valence-electron chi connectivity index (χ0n) is 13.1. The number of rotatable bonds is 5. The molecule has 0 saturated heterocycles. The second-order valence-corrected chi connectivity index (χ2v) is 5.36. The third-order valence-corrected chi connectivity index (χ3v) is 3.28. The maximum Gasteiger partial charge on any atom is 0.229 e. The smallest absolute Gasteiger partial charge is 0.229 e. The van der Waals surface area contributed by atoms with Crippen LogP contribution < -0.4 is 10.6 Å². The Kier molecular flexibility index (Phi) is 4.37. The van der Waals surface area contributed by atoms with E-state index in [-0.39, 0.29) is 12.0 Å². The molecule has 8 heteroatoms. The van der Waals surface area contributed by atoms with Crippen molar-refractivity contribution in [2.75, 3.05) is 31.8 Å². The second-order valence-electron chi connectivity index (χ2n) is 5.36. The molecule has 21 heavy (non-hydrogen) atoms. The van der Waals surface area contributed by atoms with Crippen LogP contribution in [0.2, 0.25) is 0 Å². The lowest BCUT2D eigenvalue weighted by atomic mass is 10.2. The normalized spacial score (nSPS) is 12.7. The monoisotopic (exact) mass is 290 g/mol. The summed E-state index contributed by atoms with van der Waals surface area (Å²) in [5.41, 5.74) is 6.91. The average Bonchev–Trinajstić information content (AvgIpc) is 2.82. The highest BCUT2D eigenvalue weighted by Gasteiger charge is 2.18. The molecule has 1 atom stereocenters. The minimum Gasteiger partial charge on any atom is -0.368 e. The minimum absolute atomic E-state index is 0.0224. The summed E-state index contributed by atoms with van der Waals surface area (Å²) in [6.45, 7) is 2.81. The van der Waals surface area contributed by atoms with Gasteiger partial charge in [0.2, 0.25) is 11.9 Å². The maximum absolute atomic E-state index is 5.77. The van der Waals surface area contributed by atoms with Gasteiger partial charge in [0.15, 0.2) is 5.82 Å². The number of nitrogen functional groups attached to an aromatic ring is 1. The van der Waals surface area contributed by atoms with Crippen molar-refractivity contribution in [3.8, 4) is 0 Å². The molecule has 0 unspecified atom stereocenters. The average molecular weight is 290 g/mol. The Balaban J connectivity index is 2.16.